The summed E-state index contributed by atoms with van der Waals surface area (Å²) in [6, 6.07) is 11.7. The minimum atomic E-state index is -1.24. The van der Waals surface area contributed by atoms with Gasteiger partial charge in [0.05, 0.1) is 29.1 Å². The van der Waals surface area contributed by atoms with E-state index in [4.69, 9.17) is 0 Å². The number of aliphatic carboxylic acids is 1. The number of imide groups is 1. The van der Waals surface area contributed by atoms with Crippen LogP contribution < -0.4 is 15.8 Å². The van der Waals surface area contributed by atoms with E-state index in [0.29, 0.717) is 12.1 Å². The highest BCUT2D eigenvalue weighted by atomic mass is 16.4. The number of amides is 4. The zero-order valence-corrected chi connectivity index (χ0v) is 21.5. The first-order valence-corrected chi connectivity index (χ1v) is 12.5. The van der Waals surface area contributed by atoms with Crippen LogP contribution in [-0.4, -0.2) is 63.7 Å². The summed E-state index contributed by atoms with van der Waals surface area (Å²) in [6.45, 7) is 3.59. The molecule has 0 radical (unpaired) electrons. The number of hydrogen-bond donors (Lipinski definition) is 3. The van der Waals surface area contributed by atoms with Crippen molar-refractivity contribution in [3.8, 4) is 0 Å². The van der Waals surface area contributed by atoms with Crippen LogP contribution in [0.15, 0.2) is 60.9 Å². The second-order valence-corrected chi connectivity index (χ2v) is 9.70. The fourth-order valence-electron chi connectivity index (χ4n) is 4.53. The van der Waals surface area contributed by atoms with Gasteiger partial charge in [-0.25, -0.2) is 5.01 Å². The molecule has 11 nitrogen and oxygen atoms in total. The summed E-state index contributed by atoms with van der Waals surface area (Å²) in [5.74, 6) is -2.81. The van der Waals surface area contributed by atoms with Crippen LogP contribution in [0.4, 0.5) is 5.69 Å². The van der Waals surface area contributed by atoms with Gasteiger partial charge in [0.1, 0.15) is 6.04 Å². The van der Waals surface area contributed by atoms with Crippen molar-refractivity contribution in [1.82, 2.24) is 20.6 Å². The van der Waals surface area contributed by atoms with Crippen molar-refractivity contribution < 1.29 is 29.1 Å². The number of nitrogens with zero attached hydrogens (tertiary/aromatic N) is 3. The molecule has 2 aromatic carbocycles. The van der Waals surface area contributed by atoms with Crippen molar-refractivity contribution in [2.75, 3.05) is 11.6 Å². The lowest BCUT2D eigenvalue weighted by Gasteiger charge is -2.27. The molecule has 39 heavy (non-hydrogen) atoms. The van der Waals surface area contributed by atoms with Gasteiger partial charge in [-0.05, 0) is 53.8 Å². The first kappa shape index (κ1) is 27.4. The number of anilines is 1. The molecule has 1 aliphatic heterocycles. The van der Waals surface area contributed by atoms with Crippen molar-refractivity contribution >= 4 is 46.6 Å². The van der Waals surface area contributed by atoms with Crippen molar-refractivity contribution in [2.45, 2.75) is 38.8 Å². The molecule has 0 fully saturated rings. The average Bonchev–Trinajstić information content (AvgIpc) is 3.15. The average molecular weight is 532 g/mol. The number of nitrogens with one attached hydrogen (secondary N) is 2. The third-order valence-corrected chi connectivity index (χ3v) is 6.46. The van der Waals surface area contributed by atoms with E-state index in [1.54, 1.807) is 24.3 Å². The normalized spacial score (nSPS) is 14.3. The lowest BCUT2D eigenvalue weighted by molar-refractivity contribution is -0.140. The zero-order valence-electron chi connectivity index (χ0n) is 21.5. The molecule has 11 heteroatoms. The second kappa shape index (κ2) is 11.8. The summed E-state index contributed by atoms with van der Waals surface area (Å²) in [7, 11) is 0. The van der Waals surface area contributed by atoms with E-state index in [1.165, 1.54) is 12.4 Å². The molecular weight excluding hydrogens is 502 g/mol. The van der Waals surface area contributed by atoms with E-state index in [2.05, 4.69) is 15.7 Å². The van der Waals surface area contributed by atoms with Gasteiger partial charge >= 0.3 is 5.97 Å². The van der Waals surface area contributed by atoms with Crippen LogP contribution in [-0.2, 0) is 14.4 Å². The van der Waals surface area contributed by atoms with Crippen molar-refractivity contribution in [2.24, 2.45) is 5.92 Å². The van der Waals surface area contributed by atoms with Crippen LogP contribution >= 0.6 is 0 Å². The van der Waals surface area contributed by atoms with E-state index < -0.39 is 35.8 Å². The fraction of sp³-hybridized carbons (Fsp3) is 0.286. The van der Waals surface area contributed by atoms with E-state index in [-0.39, 0.29) is 36.4 Å². The lowest BCUT2D eigenvalue weighted by atomic mass is 10.0. The van der Waals surface area contributed by atoms with Crippen molar-refractivity contribution in [1.29, 1.82) is 0 Å². The number of carboxylic acids is 1. The first-order chi connectivity index (χ1) is 18.7. The quantitative estimate of drug-likeness (QED) is 0.183. The molecule has 0 spiro atoms. The number of carbonyl (C=O) groups excluding carboxylic acids is 4. The molecule has 1 aliphatic rings. The molecule has 0 aliphatic carbocycles. The second-order valence-electron chi connectivity index (χ2n) is 9.70. The van der Waals surface area contributed by atoms with Gasteiger partial charge in [0, 0.05) is 12.7 Å². The Morgan fingerprint density at radius 1 is 1.03 bits per heavy atom. The molecular formula is C28H29N5O6. The van der Waals surface area contributed by atoms with E-state index in [9.17, 15) is 29.1 Å². The summed E-state index contributed by atoms with van der Waals surface area (Å²) >= 11 is 0. The monoisotopic (exact) mass is 531 g/mol. The number of carboxylic acid groups (broad SMARTS) is 1. The molecule has 0 saturated heterocycles. The van der Waals surface area contributed by atoms with Crippen LogP contribution in [0.3, 0.4) is 0 Å². The Morgan fingerprint density at radius 2 is 1.67 bits per heavy atom. The van der Waals surface area contributed by atoms with Gasteiger partial charge in [-0.3, -0.25) is 44.6 Å². The summed E-state index contributed by atoms with van der Waals surface area (Å²) in [5.41, 5.74) is 3.37. The van der Waals surface area contributed by atoms with Gasteiger partial charge in [-0.1, -0.05) is 38.1 Å². The Hall–Kier alpha value is -4.64. The van der Waals surface area contributed by atoms with Crippen LogP contribution in [0.25, 0.3) is 10.8 Å². The van der Waals surface area contributed by atoms with Crippen LogP contribution in [0, 0.1) is 5.92 Å². The number of hydrazine groups is 1. The number of benzene rings is 2. The van der Waals surface area contributed by atoms with Gasteiger partial charge in [0.2, 0.25) is 6.41 Å². The number of aromatic nitrogens is 1. The van der Waals surface area contributed by atoms with Crippen LogP contribution in [0.2, 0.25) is 0 Å². The van der Waals surface area contributed by atoms with Crippen molar-refractivity contribution in [3.63, 3.8) is 0 Å². The number of fused-ring (bicyclic) bond motifs is 2. The molecule has 2 unspecified atom stereocenters. The van der Waals surface area contributed by atoms with Crippen LogP contribution in [0.1, 0.15) is 47.4 Å². The summed E-state index contributed by atoms with van der Waals surface area (Å²) in [6.07, 6.45) is 3.48. The molecule has 2 atom stereocenters. The van der Waals surface area contributed by atoms with Gasteiger partial charge in [-0.15, -0.1) is 0 Å². The highest BCUT2D eigenvalue weighted by Gasteiger charge is 2.37. The van der Waals surface area contributed by atoms with E-state index >= 15 is 0 Å². The zero-order chi connectivity index (χ0) is 28.1. The predicted molar refractivity (Wildman–Crippen MR) is 143 cm³/mol. The van der Waals surface area contributed by atoms with Gasteiger partial charge in [-0.2, -0.15) is 0 Å². The molecule has 202 valence electrons. The molecule has 4 amide bonds. The van der Waals surface area contributed by atoms with E-state index in [1.807, 2.05) is 38.1 Å². The minimum absolute atomic E-state index is 0.0103. The maximum absolute atomic E-state index is 13.1. The number of hydrogen-bond acceptors (Lipinski definition) is 7. The molecule has 2 heterocycles. The molecule has 1 aromatic heterocycles. The number of rotatable bonds is 12. The Bertz CT molecular complexity index is 1360. The summed E-state index contributed by atoms with van der Waals surface area (Å²) in [4.78, 5) is 67.8. The molecule has 0 saturated carbocycles. The molecule has 3 aromatic rings. The lowest BCUT2D eigenvalue weighted by Crippen LogP contribution is -2.55. The number of carbonyl (C=O) groups is 5. The fourth-order valence-corrected chi connectivity index (χ4v) is 4.53. The molecule has 4 rings (SSSR count). The molecule has 3 N–H and O–H groups in total. The number of pyridine rings is 1. The maximum Gasteiger partial charge on any atom is 0.320 e. The Kier molecular flexibility index (Phi) is 8.30. The van der Waals surface area contributed by atoms with Crippen molar-refractivity contribution in [3.05, 3.63) is 72.1 Å². The summed E-state index contributed by atoms with van der Waals surface area (Å²) < 4.78 is 0. The highest BCUT2D eigenvalue weighted by Crippen LogP contribution is 2.28. The van der Waals surface area contributed by atoms with Gasteiger partial charge in [0.15, 0.2) is 0 Å². The summed E-state index contributed by atoms with van der Waals surface area (Å²) in [5, 5.41) is 15.3. The largest absolute Gasteiger partial charge is 0.480 e. The van der Waals surface area contributed by atoms with Crippen LogP contribution in [0.5, 0.6) is 0 Å². The highest BCUT2D eigenvalue weighted by molar-refractivity contribution is 6.23. The molecule has 0 bridgehead atoms. The smallest absolute Gasteiger partial charge is 0.320 e. The predicted octanol–water partition coefficient (Wildman–Crippen LogP) is 2.37. The van der Waals surface area contributed by atoms with Gasteiger partial charge in [0.25, 0.3) is 17.7 Å². The topological polar surface area (TPSA) is 149 Å². The third kappa shape index (κ3) is 6.10. The SMILES string of the molecule is CC(C)CC(NC(CCN1C(=O)c2cc3ccccc3cc2C1=O)C(=O)O)C(=O)NN(C=O)c1cccnc1. The Labute approximate surface area is 224 Å². The Morgan fingerprint density at radius 3 is 2.18 bits per heavy atom. The standard InChI is InChI=1S/C28H29N5O6/c1-17(2)12-24(25(35)31-33(16-34)20-8-5-10-29-15-20)30-23(28(38)39)9-11-32-26(36)21-13-18-6-3-4-7-19(18)14-22(21)27(32)37/h3-8,10,13-17,23-24,30H,9,11-12H2,1-2H3,(H,31,35)(H,38,39). The first-order valence-electron chi connectivity index (χ1n) is 12.5. The Balaban J connectivity index is 1.47. The van der Waals surface area contributed by atoms with E-state index in [0.717, 1.165) is 20.7 Å². The maximum atomic E-state index is 13.1. The van der Waals surface area contributed by atoms with Gasteiger partial charge < -0.3 is 5.11 Å². The third-order valence-electron chi connectivity index (χ3n) is 6.46. The minimum Gasteiger partial charge on any atom is -0.480 e.